The molecule has 4 aromatic rings. The van der Waals surface area contributed by atoms with Crippen LogP contribution in [0.5, 0.6) is 11.5 Å². The molecule has 0 fully saturated rings. The van der Waals surface area contributed by atoms with Gasteiger partial charge in [-0.2, -0.15) is 9.50 Å². The van der Waals surface area contributed by atoms with Crippen molar-refractivity contribution >= 4 is 28.3 Å². The Morgan fingerprint density at radius 1 is 1.08 bits per heavy atom. The van der Waals surface area contributed by atoms with Crippen LogP contribution in [-0.4, -0.2) is 33.8 Å². The second kappa shape index (κ2) is 5.82. The number of fused-ring (bicyclic) bond motifs is 3. The highest BCUT2D eigenvalue weighted by molar-refractivity contribution is 5.79. The summed E-state index contributed by atoms with van der Waals surface area (Å²) in [6.07, 6.45) is 0. The molecule has 4 rings (SSSR count). The molecule has 8 heteroatoms. The third kappa shape index (κ3) is 2.53. The van der Waals surface area contributed by atoms with Crippen molar-refractivity contribution in [2.24, 2.45) is 0 Å². The predicted molar refractivity (Wildman–Crippen MR) is 93.9 cm³/mol. The van der Waals surface area contributed by atoms with Gasteiger partial charge in [-0.05, 0) is 24.3 Å². The number of hydrogen-bond acceptors (Lipinski definition) is 6. The normalized spacial score (nSPS) is 11.0. The van der Waals surface area contributed by atoms with Gasteiger partial charge in [0, 0.05) is 11.8 Å². The minimum Gasteiger partial charge on any atom is -0.493 e. The van der Waals surface area contributed by atoms with Crippen LogP contribution in [0.3, 0.4) is 0 Å². The summed E-state index contributed by atoms with van der Waals surface area (Å²) in [6.45, 7) is 0. The van der Waals surface area contributed by atoms with Gasteiger partial charge in [0.1, 0.15) is 0 Å². The van der Waals surface area contributed by atoms with Gasteiger partial charge >= 0.3 is 0 Å². The maximum atomic E-state index is 12.1. The third-order valence-corrected chi connectivity index (χ3v) is 3.85. The van der Waals surface area contributed by atoms with Crippen LogP contribution in [0.15, 0.2) is 47.3 Å². The number of H-pyrrole nitrogens is 1. The van der Waals surface area contributed by atoms with E-state index in [0.717, 1.165) is 5.69 Å². The maximum Gasteiger partial charge on any atom is 0.260 e. The Hall–Kier alpha value is -3.55. The van der Waals surface area contributed by atoms with E-state index in [4.69, 9.17) is 9.47 Å². The summed E-state index contributed by atoms with van der Waals surface area (Å²) < 4.78 is 12.1. The Morgan fingerprint density at radius 3 is 2.68 bits per heavy atom. The second-order valence-electron chi connectivity index (χ2n) is 5.34. The zero-order chi connectivity index (χ0) is 17.4. The predicted octanol–water partition coefficient (Wildman–Crippen LogP) is 2.33. The van der Waals surface area contributed by atoms with Gasteiger partial charge in [-0.25, -0.2) is 0 Å². The molecular weight excluding hydrogens is 322 g/mol. The van der Waals surface area contributed by atoms with Crippen molar-refractivity contribution < 1.29 is 9.47 Å². The molecule has 2 aromatic carbocycles. The molecule has 2 aromatic heterocycles. The van der Waals surface area contributed by atoms with Crippen molar-refractivity contribution in [3.8, 4) is 11.5 Å². The molecule has 0 unspecified atom stereocenters. The lowest BCUT2D eigenvalue weighted by Gasteiger charge is -2.09. The summed E-state index contributed by atoms with van der Waals surface area (Å²) >= 11 is 0. The number of ether oxygens (including phenoxy) is 2. The maximum absolute atomic E-state index is 12.1. The number of methoxy groups -OCH3 is 2. The number of aromatic nitrogens is 4. The summed E-state index contributed by atoms with van der Waals surface area (Å²) in [7, 11) is 3.15. The van der Waals surface area contributed by atoms with Crippen LogP contribution in [0.1, 0.15) is 0 Å². The van der Waals surface area contributed by atoms with Crippen LogP contribution in [0.4, 0.5) is 11.6 Å². The van der Waals surface area contributed by atoms with Crippen molar-refractivity contribution in [3.63, 3.8) is 0 Å². The second-order valence-corrected chi connectivity index (χ2v) is 5.34. The molecule has 0 bridgehead atoms. The van der Waals surface area contributed by atoms with Crippen molar-refractivity contribution in [3.05, 3.63) is 52.8 Å². The first-order valence-electron chi connectivity index (χ1n) is 7.56. The lowest BCUT2D eigenvalue weighted by Crippen LogP contribution is -2.10. The molecule has 2 N–H and O–H groups in total. The van der Waals surface area contributed by atoms with Crippen LogP contribution in [-0.2, 0) is 0 Å². The average molecular weight is 337 g/mol. The number of nitrogens with one attached hydrogen (secondary N) is 2. The van der Waals surface area contributed by atoms with E-state index in [1.165, 1.54) is 0 Å². The van der Waals surface area contributed by atoms with Crippen molar-refractivity contribution in [2.45, 2.75) is 0 Å². The standard InChI is InChI=1S/C17H15N5O3/c1-24-13-8-7-10(9-14(13)25-2)18-16-20-17-19-15(23)11-5-3-4-6-12(11)22(17)21-16/h3-9H,1-2H3,(H2,18,19,20,21,23). The Morgan fingerprint density at radius 2 is 1.88 bits per heavy atom. The number of para-hydroxylation sites is 1. The average Bonchev–Trinajstić information content (AvgIpc) is 3.04. The lowest BCUT2D eigenvalue weighted by atomic mass is 10.2. The van der Waals surface area contributed by atoms with Crippen LogP contribution in [0.25, 0.3) is 16.7 Å². The molecule has 0 saturated heterocycles. The Kier molecular flexibility index (Phi) is 3.50. The minimum absolute atomic E-state index is 0.201. The van der Waals surface area contributed by atoms with Gasteiger partial charge in [0.05, 0.1) is 25.1 Å². The largest absolute Gasteiger partial charge is 0.493 e. The molecule has 0 saturated carbocycles. The molecule has 8 nitrogen and oxygen atoms in total. The summed E-state index contributed by atoms with van der Waals surface area (Å²) in [5.74, 6) is 1.95. The van der Waals surface area contributed by atoms with Crippen LogP contribution < -0.4 is 20.3 Å². The smallest absolute Gasteiger partial charge is 0.260 e. The molecule has 0 atom stereocenters. The Bertz CT molecular complexity index is 1130. The van der Waals surface area contributed by atoms with Crippen molar-refractivity contribution in [1.29, 1.82) is 0 Å². The molecule has 0 radical (unpaired) electrons. The molecular formula is C17H15N5O3. The van der Waals surface area contributed by atoms with E-state index >= 15 is 0 Å². The first kappa shape index (κ1) is 15.0. The van der Waals surface area contributed by atoms with Crippen molar-refractivity contribution in [2.75, 3.05) is 19.5 Å². The molecule has 0 aliphatic heterocycles. The van der Waals surface area contributed by atoms with Gasteiger partial charge in [0.15, 0.2) is 11.5 Å². The van der Waals surface area contributed by atoms with Crippen LogP contribution in [0.2, 0.25) is 0 Å². The molecule has 0 aliphatic rings. The summed E-state index contributed by atoms with van der Waals surface area (Å²) in [5.41, 5.74) is 1.22. The van der Waals surface area contributed by atoms with E-state index < -0.39 is 0 Å². The lowest BCUT2D eigenvalue weighted by molar-refractivity contribution is 0.355. The first-order chi connectivity index (χ1) is 12.2. The molecule has 0 spiro atoms. The van der Waals surface area contributed by atoms with E-state index in [9.17, 15) is 4.79 Å². The highest BCUT2D eigenvalue weighted by Crippen LogP contribution is 2.30. The number of anilines is 2. The van der Waals surface area contributed by atoms with Gasteiger partial charge in [-0.15, -0.1) is 5.10 Å². The Labute approximate surface area is 142 Å². The van der Waals surface area contributed by atoms with Crippen LogP contribution in [0, 0.1) is 0 Å². The molecule has 0 amide bonds. The molecule has 25 heavy (non-hydrogen) atoms. The number of hydrogen-bond donors (Lipinski definition) is 2. The third-order valence-electron chi connectivity index (χ3n) is 3.85. The zero-order valence-corrected chi connectivity index (χ0v) is 13.6. The van der Waals surface area contributed by atoms with E-state index in [0.29, 0.717) is 34.1 Å². The van der Waals surface area contributed by atoms with Gasteiger partial charge in [0.25, 0.3) is 5.56 Å². The molecule has 0 aliphatic carbocycles. The van der Waals surface area contributed by atoms with Gasteiger partial charge in [-0.1, -0.05) is 12.1 Å². The van der Waals surface area contributed by atoms with Gasteiger partial charge in [0.2, 0.25) is 11.7 Å². The van der Waals surface area contributed by atoms with E-state index in [1.807, 2.05) is 24.3 Å². The molecule has 2 heterocycles. The number of nitrogens with zero attached hydrogens (tertiary/aromatic N) is 3. The van der Waals surface area contributed by atoms with E-state index in [-0.39, 0.29) is 5.56 Å². The number of rotatable bonds is 4. The quantitative estimate of drug-likeness (QED) is 0.594. The zero-order valence-electron chi connectivity index (χ0n) is 13.6. The highest BCUT2D eigenvalue weighted by Gasteiger charge is 2.11. The number of aromatic amines is 1. The monoisotopic (exact) mass is 337 g/mol. The first-order valence-corrected chi connectivity index (χ1v) is 7.56. The summed E-state index contributed by atoms with van der Waals surface area (Å²) in [4.78, 5) is 19.2. The summed E-state index contributed by atoms with van der Waals surface area (Å²) in [6, 6.07) is 12.6. The fourth-order valence-electron chi connectivity index (χ4n) is 2.68. The molecule has 126 valence electrons. The SMILES string of the molecule is COc1ccc(Nc2nc3[nH]c(=O)c4ccccc4n3n2)cc1OC. The van der Waals surface area contributed by atoms with Gasteiger partial charge in [-0.3, -0.25) is 9.78 Å². The fraction of sp³-hybridized carbons (Fsp3) is 0.118. The Balaban J connectivity index is 1.78. The van der Waals surface area contributed by atoms with E-state index in [2.05, 4.69) is 20.4 Å². The van der Waals surface area contributed by atoms with Crippen LogP contribution >= 0.6 is 0 Å². The minimum atomic E-state index is -0.201. The fourth-order valence-corrected chi connectivity index (χ4v) is 2.68. The highest BCUT2D eigenvalue weighted by atomic mass is 16.5. The van der Waals surface area contributed by atoms with Gasteiger partial charge < -0.3 is 14.8 Å². The van der Waals surface area contributed by atoms with Crippen molar-refractivity contribution in [1.82, 2.24) is 19.6 Å². The number of benzene rings is 2. The topological polar surface area (TPSA) is 93.5 Å². The van der Waals surface area contributed by atoms with E-state index in [1.54, 1.807) is 36.9 Å². The summed E-state index contributed by atoms with van der Waals surface area (Å²) in [5, 5.41) is 8.08.